The Kier molecular flexibility index (Phi) is 5.05. The molecule has 3 rings (SSSR count). The lowest BCUT2D eigenvalue weighted by molar-refractivity contribution is -0.120. The molecule has 136 valence electrons. The number of hydrogen-bond donors (Lipinski definition) is 1. The van der Waals surface area contributed by atoms with Gasteiger partial charge in [-0.2, -0.15) is 5.26 Å². The maximum absolute atomic E-state index is 12.8. The number of nitrogens with one attached hydrogen (secondary N) is 1. The average molecular weight is 370 g/mol. The van der Waals surface area contributed by atoms with E-state index in [1.54, 1.807) is 17.6 Å². The van der Waals surface area contributed by atoms with Crippen molar-refractivity contribution in [3.05, 3.63) is 34.6 Å². The van der Waals surface area contributed by atoms with Gasteiger partial charge < -0.3 is 5.32 Å². The number of para-hydroxylation sites is 1. The maximum Gasteiger partial charge on any atom is 0.262 e. The summed E-state index contributed by atoms with van der Waals surface area (Å²) in [5, 5.41) is 13.3. The third kappa shape index (κ3) is 3.61. The van der Waals surface area contributed by atoms with Crippen molar-refractivity contribution in [2.24, 2.45) is 5.92 Å². The molecular formula is C19H22N4O2S. The highest BCUT2D eigenvalue weighted by Crippen LogP contribution is 2.36. The van der Waals surface area contributed by atoms with E-state index >= 15 is 0 Å². The number of benzene rings is 1. The third-order valence-electron chi connectivity index (χ3n) is 4.81. The Hall–Kier alpha value is -2.33. The zero-order chi connectivity index (χ0) is 18.9. The quantitative estimate of drug-likeness (QED) is 0.624. The van der Waals surface area contributed by atoms with E-state index in [2.05, 4.69) is 16.4 Å². The predicted molar refractivity (Wildman–Crippen MR) is 102 cm³/mol. The van der Waals surface area contributed by atoms with Gasteiger partial charge >= 0.3 is 0 Å². The van der Waals surface area contributed by atoms with Crippen LogP contribution in [0.2, 0.25) is 0 Å². The molecule has 1 aliphatic rings. The highest BCUT2D eigenvalue weighted by Gasteiger charge is 2.31. The van der Waals surface area contributed by atoms with Gasteiger partial charge in [-0.05, 0) is 37.8 Å². The fourth-order valence-electron chi connectivity index (χ4n) is 2.64. The van der Waals surface area contributed by atoms with Gasteiger partial charge in [-0.25, -0.2) is 4.98 Å². The van der Waals surface area contributed by atoms with E-state index in [9.17, 15) is 14.9 Å². The number of thioether (sulfide) groups is 1. The van der Waals surface area contributed by atoms with Gasteiger partial charge in [-0.1, -0.05) is 37.7 Å². The Morgan fingerprint density at radius 1 is 1.46 bits per heavy atom. The summed E-state index contributed by atoms with van der Waals surface area (Å²) in [5.41, 5.74) is -0.323. The van der Waals surface area contributed by atoms with Crippen molar-refractivity contribution in [1.82, 2.24) is 14.9 Å². The van der Waals surface area contributed by atoms with E-state index in [4.69, 9.17) is 0 Å². The van der Waals surface area contributed by atoms with Crippen LogP contribution in [0.25, 0.3) is 10.9 Å². The molecule has 26 heavy (non-hydrogen) atoms. The topological polar surface area (TPSA) is 87.8 Å². The van der Waals surface area contributed by atoms with Gasteiger partial charge in [0.1, 0.15) is 5.54 Å². The van der Waals surface area contributed by atoms with Crippen LogP contribution in [0.5, 0.6) is 0 Å². The van der Waals surface area contributed by atoms with Crippen LogP contribution in [-0.4, -0.2) is 26.8 Å². The molecule has 6 nitrogen and oxygen atoms in total. The van der Waals surface area contributed by atoms with Gasteiger partial charge in [0.2, 0.25) is 5.91 Å². The van der Waals surface area contributed by atoms with Crippen molar-refractivity contribution >= 4 is 28.6 Å². The molecule has 0 saturated heterocycles. The first-order valence-electron chi connectivity index (χ1n) is 8.72. The van der Waals surface area contributed by atoms with E-state index in [1.165, 1.54) is 11.8 Å². The summed E-state index contributed by atoms with van der Waals surface area (Å²) in [6, 6.07) is 9.61. The minimum Gasteiger partial charge on any atom is -0.337 e. The smallest absolute Gasteiger partial charge is 0.262 e. The lowest BCUT2D eigenvalue weighted by Gasteiger charge is -2.27. The summed E-state index contributed by atoms with van der Waals surface area (Å²) in [5.74, 6) is -0.135. The normalized spacial score (nSPS) is 16.3. The van der Waals surface area contributed by atoms with Gasteiger partial charge in [0.05, 0.1) is 22.7 Å². The molecule has 0 unspecified atom stereocenters. The van der Waals surface area contributed by atoms with E-state index in [-0.39, 0.29) is 29.2 Å². The number of rotatable bonds is 6. The molecule has 1 aromatic heterocycles. The first kappa shape index (κ1) is 18.5. The van der Waals surface area contributed by atoms with Gasteiger partial charge in [0.15, 0.2) is 5.16 Å². The van der Waals surface area contributed by atoms with Crippen molar-refractivity contribution in [1.29, 1.82) is 5.26 Å². The molecule has 1 aromatic carbocycles. The largest absolute Gasteiger partial charge is 0.337 e. The molecule has 1 fully saturated rings. The van der Waals surface area contributed by atoms with Gasteiger partial charge in [-0.3, -0.25) is 14.2 Å². The van der Waals surface area contributed by atoms with Crippen molar-refractivity contribution in [3.8, 4) is 6.07 Å². The molecule has 1 aliphatic carbocycles. The Bertz CT molecular complexity index is 943. The molecule has 7 heteroatoms. The minimum atomic E-state index is -0.912. The van der Waals surface area contributed by atoms with Crippen molar-refractivity contribution in [3.63, 3.8) is 0 Å². The Balaban J connectivity index is 1.83. The SMILES string of the molecule is CC(C)[C@](C)(C#N)NC(=O)CSc1nc2ccccc2c(=O)n1C1CC1. The number of nitriles is 1. The summed E-state index contributed by atoms with van der Waals surface area (Å²) in [4.78, 5) is 29.8. The third-order valence-corrected chi connectivity index (χ3v) is 5.76. The molecule has 0 radical (unpaired) electrons. The monoisotopic (exact) mass is 370 g/mol. The average Bonchev–Trinajstić information content (AvgIpc) is 3.44. The van der Waals surface area contributed by atoms with Crippen LogP contribution in [0.3, 0.4) is 0 Å². The standard InChI is InChI=1S/C19H22N4O2S/c1-12(2)19(3,11-20)22-16(24)10-26-18-21-15-7-5-4-6-14(15)17(25)23(18)13-8-9-13/h4-7,12-13H,8-10H2,1-3H3,(H,22,24)/t19-/m0/s1. The van der Waals surface area contributed by atoms with Crippen LogP contribution in [-0.2, 0) is 4.79 Å². The highest BCUT2D eigenvalue weighted by molar-refractivity contribution is 7.99. The van der Waals surface area contributed by atoms with Crippen LogP contribution < -0.4 is 10.9 Å². The van der Waals surface area contributed by atoms with Crippen LogP contribution in [0, 0.1) is 17.2 Å². The molecule has 0 bridgehead atoms. The fraction of sp³-hybridized carbons (Fsp3) is 0.474. The zero-order valence-corrected chi connectivity index (χ0v) is 16.0. The van der Waals surface area contributed by atoms with E-state index < -0.39 is 5.54 Å². The lowest BCUT2D eigenvalue weighted by Crippen LogP contribution is -2.49. The number of fused-ring (bicyclic) bond motifs is 1. The van der Waals surface area contributed by atoms with Gasteiger partial charge in [0.25, 0.3) is 5.56 Å². The van der Waals surface area contributed by atoms with E-state index in [1.807, 2.05) is 32.0 Å². The highest BCUT2D eigenvalue weighted by atomic mass is 32.2. The zero-order valence-electron chi connectivity index (χ0n) is 15.2. The number of carbonyl (C=O) groups is 1. The summed E-state index contributed by atoms with van der Waals surface area (Å²) >= 11 is 1.25. The van der Waals surface area contributed by atoms with Crippen molar-refractivity contribution in [2.45, 2.75) is 50.4 Å². The van der Waals surface area contributed by atoms with Crippen molar-refractivity contribution in [2.75, 3.05) is 5.75 Å². The van der Waals surface area contributed by atoms with Crippen molar-refractivity contribution < 1.29 is 4.79 Å². The second kappa shape index (κ2) is 7.12. The fourth-order valence-corrected chi connectivity index (χ4v) is 3.51. The first-order valence-corrected chi connectivity index (χ1v) is 9.70. The Morgan fingerprint density at radius 2 is 2.15 bits per heavy atom. The van der Waals surface area contributed by atoms with Crippen LogP contribution in [0.4, 0.5) is 0 Å². The molecule has 1 N–H and O–H groups in total. The summed E-state index contributed by atoms with van der Waals surface area (Å²) < 4.78 is 1.71. The second-order valence-electron chi connectivity index (χ2n) is 7.12. The first-order chi connectivity index (χ1) is 12.4. The lowest BCUT2D eigenvalue weighted by atomic mass is 9.90. The summed E-state index contributed by atoms with van der Waals surface area (Å²) in [6.07, 6.45) is 1.92. The number of aromatic nitrogens is 2. The molecule has 0 spiro atoms. The van der Waals surface area contributed by atoms with Crippen LogP contribution in [0.15, 0.2) is 34.2 Å². The number of nitrogens with zero attached hydrogens (tertiary/aromatic N) is 3. The summed E-state index contributed by atoms with van der Waals surface area (Å²) in [6.45, 7) is 5.51. The molecule has 1 heterocycles. The predicted octanol–water partition coefficient (Wildman–Crippen LogP) is 2.88. The molecule has 1 amide bonds. The molecule has 1 atom stereocenters. The molecular weight excluding hydrogens is 348 g/mol. The van der Waals surface area contributed by atoms with Crippen LogP contribution in [0.1, 0.15) is 39.7 Å². The van der Waals surface area contributed by atoms with Gasteiger partial charge in [-0.15, -0.1) is 0 Å². The van der Waals surface area contributed by atoms with Gasteiger partial charge in [0, 0.05) is 6.04 Å². The molecule has 1 saturated carbocycles. The minimum absolute atomic E-state index is 0.00936. The van der Waals surface area contributed by atoms with Crippen LogP contribution >= 0.6 is 11.8 Å². The van der Waals surface area contributed by atoms with E-state index in [0.717, 1.165) is 12.8 Å². The maximum atomic E-state index is 12.8. The second-order valence-corrected chi connectivity index (χ2v) is 8.07. The summed E-state index contributed by atoms with van der Waals surface area (Å²) in [7, 11) is 0. The Labute approximate surface area is 156 Å². The number of hydrogen-bond acceptors (Lipinski definition) is 5. The molecule has 2 aromatic rings. The number of carbonyl (C=O) groups excluding carboxylic acids is 1. The molecule has 0 aliphatic heterocycles. The van der Waals surface area contributed by atoms with E-state index in [0.29, 0.717) is 16.1 Å². The number of amides is 1. The Morgan fingerprint density at radius 3 is 2.77 bits per heavy atom.